The van der Waals surface area contributed by atoms with Gasteiger partial charge in [0.25, 0.3) is 5.22 Å². The second kappa shape index (κ2) is 6.95. The van der Waals surface area contributed by atoms with Crippen molar-refractivity contribution in [2.45, 2.75) is 5.22 Å². The van der Waals surface area contributed by atoms with Gasteiger partial charge in [-0.1, -0.05) is 78.5 Å². The lowest BCUT2D eigenvalue weighted by molar-refractivity contribution is 0.102. The first-order valence-corrected chi connectivity index (χ1v) is 8.95. The summed E-state index contributed by atoms with van der Waals surface area (Å²) in [5.74, 6) is 0.365. The number of oxazole rings is 1. The van der Waals surface area contributed by atoms with Crippen LogP contribution in [0.5, 0.6) is 0 Å². The fourth-order valence-corrected chi connectivity index (χ4v) is 3.34. The number of hydrogen-bond acceptors (Lipinski definition) is 4. The van der Waals surface area contributed by atoms with E-state index in [9.17, 15) is 4.79 Å². The van der Waals surface area contributed by atoms with Crippen molar-refractivity contribution < 1.29 is 9.21 Å². The zero-order chi connectivity index (χ0) is 17.1. The molecule has 0 fully saturated rings. The van der Waals surface area contributed by atoms with E-state index in [1.54, 1.807) is 0 Å². The van der Waals surface area contributed by atoms with Gasteiger partial charge in [-0.05, 0) is 23.3 Å². The Hall–Kier alpha value is -2.85. The molecule has 1 heterocycles. The number of aromatic nitrogens is 1. The Labute approximate surface area is 149 Å². The minimum absolute atomic E-state index is 0.0619. The minimum atomic E-state index is 0.0619. The number of rotatable bonds is 5. The zero-order valence-electron chi connectivity index (χ0n) is 13.4. The third-order valence-electron chi connectivity index (χ3n) is 3.91. The number of benzene rings is 3. The second-order valence-corrected chi connectivity index (χ2v) is 6.53. The van der Waals surface area contributed by atoms with Crippen molar-refractivity contribution in [1.29, 1.82) is 0 Å². The maximum atomic E-state index is 12.4. The van der Waals surface area contributed by atoms with Gasteiger partial charge in [0, 0.05) is 5.56 Å². The zero-order valence-corrected chi connectivity index (χ0v) is 14.2. The average molecular weight is 345 g/mol. The first kappa shape index (κ1) is 15.7. The summed E-state index contributed by atoms with van der Waals surface area (Å²) in [6.45, 7) is 0. The van der Waals surface area contributed by atoms with Gasteiger partial charge < -0.3 is 4.42 Å². The lowest BCUT2D eigenvalue weighted by Crippen LogP contribution is -2.02. The fraction of sp³-hybridized carbons (Fsp3) is 0.0476. The molecule has 0 saturated carbocycles. The minimum Gasteiger partial charge on any atom is -0.431 e. The molecule has 3 aromatic carbocycles. The van der Waals surface area contributed by atoms with Gasteiger partial charge in [0.2, 0.25) is 0 Å². The summed E-state index contributed by atoms with van der Waals surface area (Å²) in [6, 6.07) is 25.4. The van der Waals surface area contributed by atoms with Crippen LogP contribution in [-0.4, -0.2) is 16.5 Å². The van der Waals surface area contributed by atoms with Gasteiger partial charge in [0.1, 0.15) is 5.52 Å². The van der Waals surface area contributed by atoms with Crippen LogP contribution in [0.15, 0.2) is 88.5 Å². The number of ketones is 1. The van der Waals surface area contributed by atoms with Crippen molar-refractivity contribution in [2.24, 2.45) is 0 Å². The maximum Gasteiger partial charge on any atom is 0.257 e. The number of Topliss-reactive ketones (excluding diaryl/α,β-unsaturated/α-hetero) is 1. The molecule has 0 aliphatic carbocycles. The van der Waals surface area contributed by atoms with Crippen molar-refractivity contribution in [1.82, 2.24) is 4.98 Å². The second-order valence-electron chi connectivity index (χ2n) is 5.60. The molecule has 0 saturated heterocycles. The van der Waals surface area contributed by atoms with Crippen LogP contribution < -0.4 is 0 Å². The number of nitrogens with zero attached hydrogens (tertiary/aromatic N) is 1. The molecule has 3 nitrogen and oxygen atoms in total. The van der Waals surface area contributed by atoms with E-state index >= 15 is 0 Å². The highest BCUT2D eigenvalue weighted by atomic mass is 32.2. The molecule has 0 N–H and O–H groups in total. The average Bonchev–Trinajstić information content (AvgIpc) is 3.10. The van der Waals surface area contributed by atoms with Gasteiger partial charge in [0.15, 0.2) is 11.4 Å². The lowest BCUT2D eigenvalue weighted by atomic mass is 10.0. The van der Waals surface area contributed by atoms with Crippen molar-refractivity contribution in [3.8, 4) is 11.1 Å². The molecule has 4 heteroatoms. The predicted molar refractivity (Wildman–Crippen MR) is 101 cm³/mol. The van der Waals surface area contributed by atoms with Crippen molar-refractivity contribution in [3.63, 3.8) is 0 Å². The lowest BCUT2D eigenvalue weighted by Gasteiger charge is -2.03. The number of para-hydroxylation sites is 2. The Kier molecular flexibility index (Phi) is 4.36. The van der Waals surface area contributed by atoms with E-state index in [-0.39, 0.29) is 5.78 Å². The summed E-state index contributed by atoms with van der Waals surface area (Å²) in [4.78, 5) is 16.8. The van der Waals surface area contributed by atoms with Gasteiger partial charge in [-0.3, -0.25) is 4.79 Å². The van der Waals surface area contributed by atoms with Gasteiger partial charge in [-0.25, -0.2) is 4.98 Å². The highest BCUT2D eigenvalue weighted by molar-refractivity contribution is 7.99. The first-order valence-electron chi connectivity index (χ1n) is 7.97. The predicted octanol–water partition coefficient (Wildman–Crippen LogP) is 5.47. The Morgan fingerprint density at radius 2 is 1.52 bits per heavy atom. The quantitative estimate of drug-likeness (QED) is 0.355. The van der Waals surface area contributed by atoms with E-state index in [2.05, 4.69) is 17.1 Å². The topological polar surface area (TPSA) is 43.1 Å². The van der Waals surface area contributed by atoms with Crippen molar-refractivity contribution in [3.05, 3.63) is 84.4 Å². The molecule has 25 heavy (non-hydrogen) atoms. The molecule has 0 bridgehead atoms. The third-order valence-corrected chi connectivity index (χ3v) is 4.74. The van der Waals surface area contributed by atoms with Crippen LogP contribution in [0.4, 0.5) is 0 Å². The molecule has 0 aliphatic rings. The number of hydrogen-bond donors (Lipinski definition) is 0. The number of thioether (sulfide) groups is 1. The summed E-state index contributed by atoms with van der Waals surface area (Å²) in [5.41, 5.74) is 4.49. The Morgan fingerprint density at radius 3 is 2.28 bits per heavy atom. The third kappa shape index (κ3) is 3.49. The molecule has 0 atom stereocenters. The largest absolute Gasteiger partial charge is 0.431 e. The van der Waals surface area contributed by atoms with E-state index < -0.39 is 0 Å². The van der Waals surface area contributed by atoms with Crippen LogP contribution in [0.3, 0.4) is 0 Å². The highest BCUT2D eigenvalue weighted by Crippen LogP contribution is 2.24. The van der Waals surface area contributed by atoms with E-state index in [0.717, 1.165) is 22.2 Å². The number of carbonyl (C=O) groups excluding carboxylic acids is 1. The SMILES string of the molecule is O=C(CSc1nc2ccccc2o1)c1ccc(-c2ccccc2)cc1. The van der Waals surface area contributed by atoms with Crippen LogP contribution in [0, 0.1) is 0 Å². The van der Waals surface area contributed by atoms with E-state index in [0.29, 0.717) is 16.5 Å². The van der Waals surface area contributed by atoms with Crippen LogP contribution in [0.25, 0.3) is 22.2 Å². The molecule has 0 radical (unpaired) electrons. The van der Waals surface area contributed by atoms with Crippen LogP contribution in [0.1, 0.15) is 10.4 Å². The maximum absolute atomic E-state index is 12.4. The van der Waals surface area contributed by atoms with Gasteiger partial charge in [-0.15, -0.1) is 0 Å². The Morgan fingerprint density at radius 1 is 0.840 bits per heavy atom. The normalized spacial score (nSPS) is 10.9. The molecular weight excluding hydrogens is 330 g/mol. The molecule has 4 aromatic rings. The van der Waals surface area contributed by atoms with E-state index in [4.69, 9.17) is 4.42 Å². The smallest absolute Gasteiger partial charge is 0.257 e. The summed E-state index contributed by atoms with van der Waals surface area (Å²) in [5, 5.41) is 0.524. The van der Waals surface area contributed by atoms with Crippen molar-refractivity contribution in [2.75, 3.05) is 5.75 Å². The molecule has 1 aromatic heterocycles. The Balaban J connectivity index is 1.44. The van der Waals surface area contributed by atoms with E-state index in [1.165, 1.54) is 11.8 Å². The molecule has 0 aliphatic heterocycles. The fourth-order valence-electron chi connectivity index (χ4n) is 2.60. The number of carbonyl (C=O) groups is 1. The summed E-state index contributed by atoms with van der Waals surface area (Å²) < 4.78 is 5.63. The van der Waals surface area contributed by atoms with Gasteiger partial charge >= 0.3 is 0 Å². The van der Waals surface area contributed by atoms with Gasteiger partial charge in [-0.2, -0.15) is 0 Å². The molecule has 4 rings (SSSR count). The summed E-state index contributed by atoms with van der Waals surface area (Å²) in [6.07, 6.45) is 0. The van der Waals surface area contributed by atoms with E-state index in [1.807, 2.05) is 66.7 Å². The monoisotopic (exact) mass is 345 g/mol. The van der Waals surface area contributed by atoms with Crippen LogP contribution in [-0.2, 0) is 0 Å². The summed E-state index contributed by atoms with van der Waals surface area (Å²) >= 11 is 1.32. The molecule has 0 amide bonds. The highest BCUT2D eigenvalue weighted by Gasteiger charge is 2.11. The van der Waals surface area contributed by atoms with Crippen molar-refractivity contribution >= 4 is 28.6 Å². The number of fused-ring (bicyclic) bond motifs is 1. The molecular formula is C21H15NO2S. The van der Waals surface area contributed by atoms with Crippen LogP contribution >= 0.6 is 11.8 Å². The molecule has 122 valence electrons. The Bertz CT molecular complexity index is 974. The van der Waals surface area contributed by atoms with Crippen LogP contribution in [0.2, 0.25) is 0 Å². The summed E-state index contributed by atoms with van der Waals surface area (Å²) in [7, 11) is 0. The molecule has 0 spiro atoms. The standard InChI is InChI=1S/C21H15NO2S/c23-19(14-25-21-22-18-8-4-5-9-20(18)24-21)17-12-10-16(11-13-17)15-6-2-1-3-7-15/h1-13H,14H2. The first-order chi connectivity index (χ1) is 12.3. The molecule has 0 unspecified atom stereocenters. The van der Waals surface area contributed by atoms with Gasteiger partial charge in [0.05, 0.1) is 5.75 Å².